The Morgan fingerprint density at radius 1 is 1.00 bits per heavy atom. The average molecular weight is 297 g/mol. The highest BCUT2D eigenvalue weighted by molar-refractivity contribution is 5.32. The molecule has 0 radical (unpaired) electrons. The molecule has 1 aliphatic carbocycles. The van der Waals surface area contributed by atoms with Crippen LogP contribution in [0, 0.1) is 0 Å². The lowest BCUT2D eigenvalue weighted by Crippen LogP contribution is -2.19. The van der Waals surface area contributed by atoms with Crippen molar-refractivity contribution in [3.8, 4) is 0 Å². The molecule has 116 valence electrons. The zero-order chi connectivity index (χ0) is 15.3. The first-order valence-corrected chi connectivity index (χ1v) is 7.55. The molecular formula is C17H22F3N. The summed E-state index contributed by atoms with van der Waals surface area (Å²) in [5.74, 6) is 0. The second-order valence-electron chi connectivity index (χ2n) is 5.57. The molecule has 0 aromatic heterocycles. The number of halogens is 3. The minimum absolute atomic E-state index is 0.0189. The van der Waals surface area contributed by atoms with Gasteiger partial charge in [-0.2, -0.15) is 13.2 Å². The lowest BCUT2D eigenvalue weighted by Gasteiger charge is -2.22. The van der Waals surface area contributed by atoms with E-state index in [0.29, 0.717) is 0 Å². The Kier molecular flexibility index (Phi) is 5.45. The number of hydrogen-bond donors (Lipinski definition) is 1. The topological polar surface area (TPSA) is 12.0 Å². The van der Waals surface area contributed by atoms with Crippen LogP contribution in [-0.2, 0) is 6.18 Å². The normalized spacial score (nSPS) is 21.0. The quantitative estimate of drug-likeness (QED) is 0.752. The third kappa shape index (κ3) is 4.34. The zero-order valence-corrected chi connectivity index (χ0v) is 12.3. The van der Waals surface area contributed by atoms with Gasteiger partial charge >= 0.3 is 6.18 Å². The highest BCUT2D eigenvalue weighted by atomic mass is 19.4. The van der Waals surface area contributed by atoms with E-state index >= 15 is 0 Å². The monoisotopic (exact) mass is 297 g/mol. The first-order valence-electron chi connectivity index (χ1n) is 7.55. The predicted octanol–water partition coefficient (Wildman–Crippen LogP) is 5.25. The van der Waals surface area contributed by atoms with Crippen molar-refractivity contribution in [2.75, 3.05) is 7.05 Å². The van der Waals surface area contributed by atoms with E-state index in [4.69, 9.17) is 0 Å². The molecule has 1 unspecified atom stereocenters. The number of alkyl halides is 3. The summed E-state index contributed by atoms with van der Waals surface area (Å²) in [5.41, 5.74) is 1.61. The summed E-state index contributed by atoms with van der Waals surface area (Å²) in [7, 11) is 1.86. The molecule has 1 atom stereocenters. The minimum Gasteiger partial charge on any atom is -0.310 e. The maximum absolute atomic E-state index is 12.6. The summed E-state index contributed by atoms with van der Waals surface area (Å²) < 4.78 is 37.9. The van der Waals surface area contributed by atoms with Crippen molar-refractivity contribution in [1.82, 2.24) is 5.32 Å². The highest BCUT2D eigenvalue weighted by Crippen LogP contribution is 2.32. The van der Waals surface area contributed by atoms with Gasteiger partial charge in [-0.25, -0.2) is 0 Å². The molecule has 0 aliphatic heterocycles. The highest BCUT2D eigenvalue weighted by Gasteiger charge is 2.30. The predicted molar refractivity (Wildman–Crippen MR) is 79.0 cm³/mol. The molecule has 0 heterocycles. The molecule has 4 heteroatoms. The first-order chi connectivity index (χ1) is 10.0. The van der Waals surface area contributed by atoms with Crippen LogP contribution in [-0.4, -0.2) is 7.05 Å². The second-order valence-corrected chi connectivity index (χ2v) is 5.57. The maximum Gasteiger partial charge on any atom is 0.416 e. The van der Waals surface area contributed by atoms with Crippen molar-refractivity contribution in [3.05, 3.63) is 47.0 Å². The SMILES string of the molecule is CNC(/C1=C/CCCCCC1)c1ccc(C(F)(F)F)cc1. The molecule has 0 saturated heterocycles. The average Bonchev–Trinajstić information content (AvgIpc) is 2.41. The van der Waals surface area contributed by atoms with Crippen molar-refractivity contribution >= 4 is 0 Å². The van der Waals surface area contributed by atoms with Crippen LogP contribution in [0.3, 0.4) is 0 Å². The van der Waals surface area contributed by atoms with Crippen LogP contribution in [0.25, 0.3) is 0 Å². The van der Waals surface area contributed by atoms with Gasteiger partial charge in [-0.3, -0.25) is 0 Å². The fourth-order valence-electron chi connectivity index (χ4n) is 2.91. The number of hydrogen-bond acceptors (Lipinski definition) is 1. The third-order valence-electron chi connectivity index (χ3n) is 4.06. The van der Waals surface area contributed by atoms with Gasteiger partial charge in [-0.15, -0.1) is 0 Å². The smallest absolute Gasteiger partial charge is 0.310 e. The van der Waals surface area contributed by atoms with Crippen molar-refractivity contribution < 1.29 is 13.2 Å². The fraction of sp³-hybridized carbons (Fsp3) is 0.529. The molecule has 0 fully saturated rings. The van der Waals surface area contributed by atoms with Gasteiger partial charge in [0.25, 0.3) is 0 Å². The van der Waals surface area contributed by atoms with Crippen molar-refractivity contribution in [2.45, 2.75) is 50.7 Å². The molecule has 1 N–H and O–H groups in total. The molecule has 1 aliphatic rings. The Morgan fingerprint density at radius 2 is 1.67 bits per heavy atom. The first kappa shape index (κ1) is 16.1. The molecule has 1 nitrogen and oxygen atoms in total. The number of likely N-dealkylation sites (N-methyl/N-ethyl adjacent to an activating group) is 1. The van der Waals surface area contributed by atoms with E-state index in [1.54, 1.807) is 12.1 Å². The lowest BCUT2D eigenvalue weighted by atomic mass is 9.90. The van der Waals surface area contributed by atoms with Gasteiger partial charge in [0.15, 0.2) is 0 Å². The summed E-state index contributed by atoms with van der Waals surface area (Å²) in [5, 5.41) is 3.24. The molecule has 0 amide bonds. The van der Waals surface area contributed by atoms with Gasteiger partial charge < -0.3 is 5.32 Å². The van der Waals surface area contributed by atoms with Gasteiger partial charge in [0, 0.05) is 0 Å². The summed E-state index contributed by atoms with van der Waals surface area (Å²) in [6, 6.07) is 5.53. The van der Waals surface area contributed by atoms with Crippen molar-refractivity contribution in [1.29, 1.82) is 0 Å². The molecule has 1 aromatic rings. The van der Waals surface area contributed by atoms with E-state index in [-0.39, 0.29) is 6.04 Å². The molecule has 0 saturated carbocycles. The second kappa shape index (κ2) is 7.12. The Bertz CT molecular complexity index is 474. The van der Waals surface area contributed by atoms with Gasteiger partial charge in [0.05, 0.1) is 11.6 Å². The van der Waals surface area contributed by atoms with Crippen LogP contribution >= 0.6 is 0 Å². The summed E-state index contributed by atoms with van der Waals surface area (Å²) in [4.78, 5) is 0. The van der Waals surface area contributed by atoms with Crippen molar-refractivity contribution in [3.63, 3.8) is 0 Å². The van der Waals surface area contributed by atoms with Crippen molar-refractivity contribution in [2.24, 2.45) is 0 Å². The Morgan fingerprint density at radius 3 is 2.29 bits per heavy atom. The van der Waals surface area contributed by atoms with Gasteiger partial charge in [-0.1, -0.05) is 36.6 Å². The molecule has 0 spiro atoms. The summed E-state index contributed by atoms with van der Waals surface area (Å²) in [6.45, 7) is 0. The molecule has 21 heavy (non-hydrogen) atoms. The number of rotatable bonds is 3. The standard InChI is InChI=1S/C17H22F3N/c1-21-16(13-7-5-3-2-4-6-8-13)14-9-11-15(12-10-14)17(18,19)20/h7,9-12,16,21H,2-6,8H2,1H3/b13-7+. The van der Waals surface area contributed by atoms with Gasteiger partial charge in [-0.05, 0) is 50.4 Å². The van der Waals surface area contributed by atoms with E-state index in [9.17, 15) is 13.2 Å². The number of benzene rings is 1. The lowest BCUT2D eigenvalue weighted by molar-refractivity contribution is -0.137. The van der Waals surface area contributed by atoms with Crippen LogP contribution in [0.2, 0.25) is 0 Å². The van der Waals surface area contributed by atoms with E-state index in [1.807, 2.05) is 7.05 Å². The van der Waals surface area contributed by atoms with Gasteiger partial charge in [0.2, 0.25) is 0 Å². The number of nitrogens with one attached hydrogen (secondary N) is 1. The molecule has 1 aromatic carbocycles. The molecule has 2 rings (SSSR count). The van der Waals surface area contributed by atoms with Crippen LogP contribution in [0.5, 0.6) is 0 Å². The van der Waals surface area contributed by atoms with E-state index < -0.39 is 11.7 Å². The third-order valence-corrected chi connectivity index (χ3v) is 4.06. The Hall–Kier alpha value is -1.29. The van der Waals surface area contributed by atoms with Crippen LogP contribution < -0.4 is 5.32 Å². The van der Waals surface area contributed by atoms with Crippen LogP contribution in [0.4, 0.5) is 13.2 Å². The van der Waals surface area contributed by atoms with E-state index in [2.05, 4.69) is 11.4 Å². The molecular weight excluding hydrogens is 275 g/mol. The Balaban J connectivity index is 2.20. The minimum atomic E-state index is -4.27. The van der Waals surface area contributed by atoms with Gasteiger partial charge in [0.1, 0.15) is 0 Å². The largest absolute Gasteiger partial charge is 0.416 e. The Labute approximate surface area is 124 Å². The van der Waals surface area contributed by atoms with E-state index in [0.717, 1.165) is 24.8 Å². The van der Waals surface area contributed by atoms with Crippen LogP contribution in [0.1, 0.15) is 55.7 Å². The zero-order valence-electron chi connectivity index (χ0n) is 12.3. The summed E-state index contributed by atoms with van der Waals surface area (Å²) >= 11 is 0. The fourth-order valence-corrected chi connectivity index (χ4v) is 2.91. The van der Waals surface area contributed by atoms with Crippen LogP contribution in [0.15, 0.2) is 35.9 Å². The van der Waals surface area contributed by atoms with E-state index in [1.165, 1.54) is 37.0 Å². The number of allylic oxidation sites excluding steroid dienone is 1. The molecule has 0 bridgehead atoms. The summed E-state index contributed by atoms with van der Waals surface area (Å²) in [6.07, 6.45) is 4.94. The maximum atomic E-state index is 12.6.